The molecule has 8 fully saturated rings. The van der Waals surface area contributed by atoms with Gasteiger partial charge in [-0.15, -0.1) is 0 Å². The van der Waals surface area contributed by atoms with Crippen LogP contribution in [0.4, 0.5) is 0 Å². The van der Waals surface area contributed by atoms with E-state index in [1.54, 1.807) is 28.6 Å². The highest BCUT2D eigenvalue weighted by Crippen LogP contribution is 2.71. The van der Waals surface area contributed by atoms with Crippen molar-refractivity contribution in [2.75, 3.05) is 0 Å². The highest BCUT2D eigenvalue weighted by atomic mass is 15.1. The van der Waals surface area contributed by atoms with Crippen LogP contribution < -0.4 is 0 Å². The maximum Gasteiger partial charge on any atom is 0.234 e. The molecule has 2 spiro atoms. The van der Waals surface area contributed by atoms with Crippen molar-refractivity contribution in [2.45, 2.75) is 75.0 Å². The molecule has 8 saturated carbocycles. The summed E-state index contributed by atoms with van der Waals surface area (Å²) in [6.45, 7) is 0. The lowest BCUT2D eigenvalue weighted by atomic mass is 9.43. The number of fused-ring (bicyclic) bond motifs is 18. The van der Waals surface area contributed by atoms with E-state index in [4.69, 9.17) is 0 Å². The molecule has 6 heterocycles. The molecule has 8 nitrogen and oxygen atoms in total. The van der Waals surface area contributed by atoms with Gasteiger partial charge in [0.1, 0.15) is 6.33 Å². The van der Waals surface area contributed by atoms with Crippen molar-refractivity contribution < 1.29 is 0 Å². The van der Waals surface area contributed by atoms with E-state index in [1.807, 2.05) is 30.9 Å². The predicted octanol–water partition coefficient (Wildman–Crippen LogP) is 24.1. The van der Waals surface area contributed by atoms with Crippen LogP contribution >= 0.6 is 0 Å². The van der Waals surface area contributed by atoms with Crippen LogP contribution in [0, 0.1) is 47.3 Å². The van der Waals surface area contributed by atoms with Gasteiger partial charge >= 0.3 is 0 Å². The normalized spacial score (nSPS) is 23.6. The van der Waals surface area contributed by atoms with Crippen LogP contribution in [-0.4, -0.2) is 38.2 Å². The van der Waals surface area contributed by atoms with Crippen molar-refractivity contribution in [1.29, 1.82) is 0 Å². The minimum atomic E-state index is 0.149. The molecule has 516 valence electrons. The zero-order valence-electron chi connectivity index (χ0n) is 60.0. The van der Waals surface area contributed by atoms with E-state index in [-0.39, 0.29) is 10.8 Å². The molecule has 108 heavy (non-hydrogen) atoms. The highest BCUT2D eigenvalue weighted by Gasteiger charge is 2.63. The van der Waals surface area contributed by atoms with Crippen molar-refractivity contribution in [3.8, 4) is 67.5 Å². The highest BCUT2D eigenvalue weighted by molar-refractivity contribution is 6.15. The first kappa shape index (κ1) is 60.2. The van der Waals surface area contributed by atoms with Crippen LogP contribution in [0.5, 0.6) is 0 Å². The summed E-state index contributed by atoms with van der Waals surface area (Å²) in [6.07, 6.45) is 23.1. The van der Waals surface area contributed by atoms with Crippen molar-refractivity contribution >= 4 is 87.2 Å². The molecule has 6 aromatic heterocycles. The number of benzene rings is 12. The minimum Gasteiger partial charge on any atom is -0.309 e. The fourth-order valence-corrected chi connectivity index (χ4v) is 25.0. The van der Waals surface area contributed by atoms with Gasteiger partial charge in [0.25, 0.3) is 0 Å². The first-order valence-electron chi connectivity index (χ1n) is 39.6. The Bertz CT molecular complexity index is 6390. The second-order valence-electron chi connectivity index (χ2n) is 33.4. The molecule has 8 heteroatoms. The van der Waals surface area contributed by atoms with Gasteiger partial charge in [0.2, 0.25) is 5.95 Å². The lowest BCUT2D eigenvalue weighted by Crippen LogP contribution is -2.55. The molecule has 10 aliphatic carbocycles. The van der Waals surface area contributed by atoms with Gasteiger partial charge in [-0.1, -0.05) is 158 Å². The summed E-state index contributed by atoms with van der Waals surface area (Å²) in [4.78, 5) is 17.9. The lowest BCUT2D eigenvalue weighted by Gasteiger charge is -2.61. The van der Waals surface area contributed by atoms with E-state index in [0.717, 1.165) is 75.1 Å². The Balaban J connectivity index is 0.000000124. The number of hydrogen-bond acceptors (Lipinski definition) is 4. The fourth-order valence-electron chi connectivity index (χ4n) is 25.0. The van der Waals surface area contributed by atoms with Gasteiger partial charge in [-0.25, -0.2) is 19.9 Å². The number of nitrogens with zero attached hydrogens (tertiary/aromatic N) is 8. The smallest absolute Gasteiger partial charge is 0.234 e. The molecule has 18 aromatic rings. The first-order chi connectivity index (χ1) is 53.5. The SMILES string of the molecule is c1ccc2c(c1)-c1ccc(-n3c4ccccc4c4cc(-c5ccc6c(c5)c5ccccc5n6-c5cncnc5)ccc43)cc1C21C2CC3CC(C2)CC1C3.c1cnc(-n2c3ccccc3c3cc(-c4ccc5c(c4)c4ccccc4n5-c4ccc5c(c4)C4(c6ccccc6-5)C5CC6CC(C5)CC4C6)ccc32)nc1. The van der Waals surface area contributed by atoms with Gasteiger partial charge in [-0.05, 0) is 281 Å². The molecule has 0 saturated heterocycles. The summed E-state index contributed by atoms with van der Waals surface area (Å²) in [6, 6.07) is 98.9. The number of hydrogen-bond donors (Lipinski definition) is 0. The van der Waals surface area contributed by atoms with Crippen LogP contribution in [0.15, 0.2) is 292 Å². The Morgan fingerprint density at radius 2 is 0.565 bits per heavy atom. The van der Waals surface area contributed by atoms with Gasteiger partial charge in [-0.2, -0.15) is 0 Å². The van der Waals surface area contributed by atoms with Crippen molar-refractivity contribution in [3.05, 3.63) is 314 Å². The van der Waals surface area contributed by atoms with Gasteiger partial charge in [0, 0.05) is 77.7 Å². The minimum absolute atomic E-state index is 0.149. The molecule has 0 atom stereocenters. The van der Waals surface area contributed by atoms with Crippen molar-refractivity contribution in [1.82, 2.24) is 38.2 Å². The summed E-state index contributed by atoms with van der Waals surface area (Å²) < 4.78 is 9.53. The maximum atomic E-state index is 4.62. The van der Waals surface area contributed by atoms with E-state index in [2.05, 4.69) is 293 Å². The molecule has 8 bridgehead atoms. The number of aromatic nitrogens is 8. The Hall–Kier alpha value is -12.0. The molecule has 0 unspecified atom stereocenters. The monoisotopic (exact) mass is 1390 g/mol. The zero-order chi connectivity index (χ0) is 70.2. The Labute approximate surface area is 625 Å². The van der Waals surface area contributed by atoms with Gasteiger partial charge in [0.05, 0.1) is 62.2 Å². The van der Waals surface area contributed by atoms with Crippen LogP contribution in [0.25, 0.3) is 155 Å². The third-order valence-electron chi connectivity index (χ3n) is 28.5. The van der Waals surface area contributed by atoms with Crippen LogP contribution in [0.3, 0.4) is 0 Å². The molecule has 0 N–H and O–H groups in total. The summed E-state index contributed by atoms with van der Waals surface area (Å²) in [7, 11) is 0. The van der Waals surface area contributed by atoms with Gasteiger partial charge in [-0.3, -0.25) is 4.57 Å². The summed E-state index contributed by atoms with van der Waals surface area (Å²) in [5.41, 5.74) is 30.6. The lowest BCUT2D eigenvalue weighted by molar-refractivity contribution is -0.0399. The van der Waals surface area contributed by atoms with Crippen LogP contribution in [0.2, 0.25) is 0 Å². The molecular weight excluding hydrogens is 1310 g/mol. The van der Waals surface area contributed by atoms with E-state index >= 15 is 0 Å². The quantitative estimate of drug-likeness (QED) is 0.166. The summed E-state index contributed by atoms with van der Waals surface area (Å²) in [5, 5.41) is 10.0. The third-order valence-corrected chi connectivity index (χ3v) is 28.5. The Morgan fingerprint density at radius 1 is 0.250 bits per heavy atom. The van der Waals surface area contributed by atoms with Crippen molar-refractivity contribution in [3.63, 3.8) is 0 Å². The second-order valence-corrected chi connectivity index (χ2v) is 33.4. The van der Waals surface area contributed by atoms with Gasteiger partial charge < -0.3 is 13.7 Å². The summed E-state index contributed by atoms with van der Waals surface area (Å²) in [5.74, 6) is 7.41. The number of rotatable bonds is 6. The first-order valence-corrected chi connectivity index (χ1v) is 39.6. The van der Waals surface area contributed by atoms with E-state index in [1.165, 1.54) is 185 Å². The van der Waals surface area contributed by atoms with Crippen molar-refractivity contribution in [2.24, 2.45) is 47.3 Å². The van der Waals surface area contributed by atoms with E-state index in [9.17, 15) is 0 Å². The van der Waals surface area contributed by atoms with Crippen LogP contribution in [0.1, 0.15) is 86.5 Å². The largest absolute Gasteiger partial charge is 0.309 e. The molecule has 28 rings (SSSR count). The Kier molecular flexibility index (Phi) is 12.4. The summed E-state index contributed by atoms with van der Waals surface area (Å²) >= 11 is 0. The predicted molar refractivity (Wildman–Crippen MR) is 439 cm³/mol. The maximum absolute atomic E-state index is 4.62. The standard InChI is InChI=1S/2C50H38N4/c1-4-11-43-37(8-1)38-17-16-36(29-44(38)50(43)34-23-30-22-31(25-34)26-35(50)24-30)53-45-12-5-2-9-39(45)41-27-32(14-18-47(41)53)33-15-19-48-42(28-33)40-10-3-6-13-46(40)54(48)49-51-20-7-21-52-49;1-4-10-44-38(7-1)39-16-15-36(26-45(39)50(44)34-20-30-19-31(22-34)23-35(50)21-30)53-46-11-5-2-8-40(46)42-24-32(13-17-48(42)53)33-14-18-49-43(25-33)41-9-3-6-12-47(41)54(49)37-27-51-29-52-28-37/h1-21,27-31,34-35H,22-26H2;1-18,24-31,34-35H,19-23H2. The van der Waals surface area contributed by atoms with Gasteiger partial charge in [0.15, 0.2) is 0 Å². The second kappa shape index (κ2) is 22.3. The topological polar surface area (TPSA) is 71.3 Å². The molecule has 10 aliphatic rings. The molecule has 0 radical (unpaired) electrons. The molecule has 0 amide bonds. The molecular formula is C100H76N8. The fraction of sp³-hybridized carbons (Fsp3) is 0.200. The average molecular weight is 1390 g/mol. The zero-order valence-corrected chi connectivity index (χ0v) is 60.0. The van der Waals surface area contributed by atoms with Crippen LogP contribution in [-0.2, 0) is 10.8 Å². The molecule has 0 aliphatic heterocycles. The molecule has 12 aromatic carbocycles. The third kappa shape index (κ3) is 8.14. The van der Waals surface area contributed by atoms with E-state index in [0.29, 0.717) is 5.95 Å². The number of para-hydroxylation sites is 4. The van der Waals surface area contributed by atoms with E-state index < -0.39 is 0 Å². The average Bonchev–Trinajstić information content (AvgIpc) is 1.49. The Morgan fingerprint density at radius 3 is 0.954 bits per heavy atom.